The molecule has 0 saturated carbocycles. The van der Waals surface area contributed by atoms with Gasteiger partial charge in [-0.2, -0.15) is 0 Å². The zero-order chi connectivity index (χ0) is 23.9. The third-order valence-corrected chi connectivity index (χ3v) is 6.86. The Labute approximate surface area is 182 Å². The normalized spacial score (nSPS) is 29.8. The first-order chi connectivity index (χ1) is 14.8. The minimum absolute atomic E-state index is 0.0220. The molecular weight excluding hydrogens is 423 g/mol. The van der Waals surface area contributed by atoms with Gasteiger partial charge in [0.1, 0.15) is 28.7 Å². The van der Waals surface area contributed by atoms with Crippen molar-refractivity contribution >= 4 is 17.5 Å². The highest BCUT2D eigenvalue weighted by atomic mass is 19.1. The summed E-state index contributed by atoms with van der Waals surface area (Å²) in [6, 6.07) is 0.0204. The maximum Gasteiger partial charge on any atom is 0.255 e. The van der Waals surface area contributed by atoms with Crippen LogP contribution in [0.1, 0.15) is 27.9 Å². The van der Waals surface area contributed by atoms with E-state index in [0.717, 1.165) is 6.07 Å². The average Bonchev–Trinajstić information content (AvgIpc) is 2.68. The van der Waals surface area contributed by atoms with E-state index >= 15 is 0 Å². The summed E-state index contributed by atoms with van der Waals surface area (Å²) >= 11 is 0. The number of hydrogen-bond acceptors (Lipinski definition) is 8. The molecule has 9 nitrogen and oxygen atoms in total. The molecular formula is C22H23FN2O7. The number of Topliss-reactive ketones (excluding diaryl/α,β-unsaturated/α-hetero) is 2. The molecule has 10 heteroatoms. The second-order valence-corrected chi connectivity index (χ2v) is 8.84. The van der Waals surface area contributed by atoms with E-state index in [4.69, 9.17) is 5.73 Å². The molecule has 6 N–H and O–H groups in total. The number of phenols is 1. The molecule has 0 spiro atoms. The van der Waals surface area contributed by atoms with Gasteiger partial charge in [0.15, 0.2) is 11.4 Å². The Hall–Kier alpha value is -3.24. The second kappa shape index (κ2) is 6.88. The number of nitrogens with two attached hydrogens (primary N) is 1. The van der Waals surface area contributed by atoms with E-state index < -0.39 is 69.6 Å². The number of aliphatic hydroxyl groups is 3. The lowest BCUT2D eigenvalue weighted by molar-refractivity contribution is -0.148. The second-order valence-electron chi connectivity index (χ2n) is 8.84. The van der Waals surface area contributed by atoms with Gasteiger partial charge in [0.05, 0.1) is 11.6 Å². The van der Waals surface area contributed by atoms with Gasteiger partial charge in [0.2, 0.25) is 5.78 Å². The summed E-state index contributed by atoms with van der Waals surface area (Å²) < 4.78 is 14.7. The average molecular weight is 446 g/mol. The molecule has 4 rings (SSSR count). The summed E-state index contributed by atoms with van der Waals surface area (Å²) in [6.45, 7) is 1.41. The van der Waals surface area contributed by atoms with Gasteiger partial charge < -0.3 is 26.2 Å². The number of allylic oxidation sites excluding steroid dienone is 1. The zero-order valence-electron chi connectivity index (χ0n) is 17.6. The lowest BCUT2D eigenvalue weighted by Crippen LogP contribution is -2.63. The predicted octanol–water partition coefficient (Wildman–Crippen LogP) is 0.568. The summed E-state index contributed by atoms with van der Waals surface area (Å²) in [5, 5.41) is 43.6. The molecule has 0 radical (unpaired) electrons. The number of amides is 1. The SMILES string of the molecule is Cc1cc(F)c2c(c1O)C(=O)C1=C(O)[C@]3(O)C(=O)C(C(N)=O)=C(O)[C@@H](N(C)C)C3CC1C2. The Morgan fingerprint density at radius 3 is 2.44 bits per heavy atom. The van der Waals surface area contributed by atoms with Gasteiger partial charge in [-0.3, -0.25) is 19.3 Å². The summed E-state index contributed by atoms with van der Waals surface area (Å²) in [4.78, 5) is 39.7. The van der Waals surface area contributed by atoms with Crippen LogP contribution in [0.25, 0.3) is 0 Å². The van der Waals surface area contributed by atoms with Gasteiger partial charge in [-0.25, -0.2) is 4.39 Å². The lowest BCUT2D eigenvalue weighted by atomic mass is 9.58. The van der Waals surface area contributed by atoms with Gasteiger partial charge in [0.25, 0.3) is 5.91 Å². The van der Waals surface area contributed by atoms with Crippen molar-refractivity contribution in [3.8, 4) is 5.75 Å². The number of hydrogen-bond donors (Lipinski definition) is 5. The highest BCUT2D eigenvalue weighted by Crippen LogP contribution is 2.52. The van der Waals surface area contributed by atoms with E-state index in [1.807, 2.05) is 0 Å². The summed E-state index contributed by atoms with van der Waals surface area (Å²) in [6.07, 6.45) is -0.159. The van der Waals surface area contributed by atoms with Crippen molar-refractivity contribution in [2.24, 2.45) is 17.6 Å². The van der Waals surface area contributed by atoms with Crippen LogP contribution in [0.4, 0.5) is 4.39 Å². The van der Waals surface area contributed by atoms with Crippen LogP contribution in [0.15, 0.2) is 28.7 Å². The van der Waals surface area contributed by atoms with E-state index in [-0.39, 0.29) is 35.1 Å². The van der Waals surface area contributed by atoms with Crippen LogP contribution in [0, 0.1) is 24.6 Å². The molecule has 1 aromatic carbocycles. The van der Waals surface area contributed by atoms with Crippen LogP contribution >= 0.6 is 0 Å². The smallest absolute Gasteiger partial charge is 0.255 e. The Balaban J connectivity index is 1.99. The first-order valence-corrected chi connectivity index (χ1v) is 9.99. The van der Waals surface area contributed by atoms with Crippen molar-refractivity contribution < 1.29 is 39.2 Å². The van der Waals surface area contributed by atoms with E-state index in [1.54, 1.807) is 0 Å². The minimum atomic E-state index is -2.71. The molecule has 4 atom stereocenters. The predicted molar refractivity (Wildman–Crippen MR) is 108 cm³/mol. The van der Waals surface area contributed by atoms with Crippen LogP contribution in [0.5, 0.6) is 5.75 Å². The molecule has 0 aliphatic heterocycles. The summed E-state index contributed by atoms with van der Waals surface area (Å²) in [5.74, 6) is -8.21. The number of halogens is 1. The molecule has 0 bridgehead atoms. The number of carbonyl (C=O) groups is 3. The molecule has 0 fully saturated rings. The molecule has 1 amide bonds. The Bertz CT molecular complexity index is 1170. The fraction of sp³-hybridized carbons (Fsp3) is 0.409. The van der Waals surface area contributed by atoms with Crippen LogP contribution in [-0.4, -0.2) is 68.5 Å². The largest absolute Gasteiger partial charge is 0.510 e. The molecule has 0 aromatic heterocycles. The molecule has 1 aromatic rings. The number of nitrogens with zero attached hydrogens (tertiary/aromatic N) is 1. The molecule has 0 saturated heterocycles. The van der Waals surface area contributed by atoms with Gasteiger partial charge in [0, 0.05) is 17.1 Å². The fourth-order valence-electron chi connectivity index (χ4n) is 5.40. The van der Waals surface area contributed by atoms with Crippen molar-refractivity contribution in [2.75, 3.05) is 14.1 Å². The maximum absolute atomic E-state index is 14.7. The lowest BCUT2D eigenvalue weighted by Gasteiger charge is -2.50. The van der Waals surface area contributed by atoms with Crippen LogP contribution in [0.3, 0.4) is 0 Å². The molecule has 0 heterocycles. The quantitative estimate of drug-likeness (QED) is 0.412. The number of fused-ring (bicyclic) bond motifs is 3. The van der Waals surface area contributed by atoms with Gasteiger partial charge >= 0.3 is 0 Å². The number of likely N-dealkylation sites (N-methyl/N-ethyl adjacent to an activating group) is 1. The Morgan fingerprint density at radius 2 is 1.88 bits per heavy atom. The third kappa shape index (κ3) is 2.59. The molecule has 32 heavy (non-hydrogen) atoms. The van der Waals surface area contributed by atoms with Crippen molar-refractivity contribution in [2.45, 2.75) is 31.4 Å². The third-order valence-electron chi connectivity index (χ3n) is 6.86. The van der Waals surface area contributed by atoms with E-state index in [1.165, 1.54) is 25.9 Å². The van der Waals surface area contributed by atoms with E-state index in [2.05, 4.69) is 0 Å². The number of aliphatic hydroxyl groups excluding tert-OH is 2. The van der Waals surface area contributed by atoms with Gasteiger partial charge in [-0.05, 0) is 51.4 Å². The first kappa shape index (κ1) is 22.0. The number of primary amides is 1. The first-order valence-electron chi connectivity index (χ1n) is 9.99. The maximum atomic E-state index is 14.7. The topological polar surface area (TPSA) is 161 Å². The summed E-state index contributed by atoms with van der Waals surface area (Å²) in [5.41, 5.74) is 1.14. The van der Waals surface area contributed by atoms with Crippen molar-refractivity contribution in [3.05, 3.63) is 51.2 Å². The molecule has 2 unspecified atom stereocenters. The van der Waals surface area contributed by atoms with Gasteiger partial charge in [-0.15, -0.1) is 0 Å². The standard InChI is InChI=1S/C22H23FN2O7/c1-7-4-11(23)9-5-8-6-10-15(25(2)3)18(28)14(21(24)31)20(30)22(10,32)19(29)12(8)17(27)13(9)16(7)26/h4,8,10,15,26,28-29,32H,5-6H2,1-3H3,(H2,24,31)/t8?,10?,15-,22-/m0/s1. The number of phenolic OH excluding ortho intramolecular Hbond substituents is 1. The van der Waals surface area contributed by atoms with Crippen molar-refractivity contribution in [1.82, 2.24) is 4.90 Å². The number of aromatic hydroxyl groups is 1. The number of benzene rings is 1. The number of aryl methyl sites for hydroxylation is 1. The molecule has 3 aliphatic carbocycles. The molecule has 3 aliphatic rings. The number of carbonyl (C=O) groups excluding carboxylic acids is 3. The van der Waals surface area contributed by atoms with Crippen molar-refractivity contribution in [1.29, 1.82) is 0 Å². The monoisotopic (exact) mass is 446 g/mol. The van der Waals surface area contributed by atoms with Crippen LogP contribution in [-0.2, 0) is 16.0 Å². The zero-order valence-corrected chi connectivity index (χ0v) is 17.6. The van der Waals surface area contributed by atoms with Crippen LogP contribution < -0.4 is 5.73 Å². The van der Waals surface area contributed by atoms with E-state index in [9.17, 15) is 39.2 Å². The van der Waals surface area contributed by atoms with E-state index in [0.29, 0.717) is 0 Å². The van der Waals surface area contributed by atoms with Crippen LogP contribution in [0.2, 0.25) is 0 Å². The number of rotatable bonds is 2. The summed E-state index contributed by atoms with van der Waals surface area (Å²) in [7, 11) is 3.07. The highest BCUT2D eigenvalue weighted by Gasteiger charge is 2.63. The van der Waals surface area contributed by atoms with Gasteiger partial charge in [-0.1, -0.05) is 0 Å². The van der Waals surface area contributed by atoms with Crippen molar-refractivity contribution in [3.63, 3.8) is 0 Å². The highest BCUT2D eigenvalue weighted by molar-refractivity contribution is 6.24. The number of ketones is 2. The Morgan fingerprint density at radius 1 is 1.25 bits per heavy atom. The minimum Gasteiger partial charge on any atom is -0.510 e. The Kier molecular flexibility index (Phi) is 4.72. The fourth-order valence-corrected chi connectivity index (χ4v) is 5.40. The molecule has 170 valence electrons.